The van der Waals surface area contributed by atoms with Gasteiger partial charge in [-0.3, -0.25) is 14.3 Å². The maximum atomic E-state index is 14.6. The van der Waals surface area contributed by atoms with Crippen molar-refractivity contribution in [1.29, 1.82) is 5.26 Å². The third-order valence-electron chi connectivity index (χ3n) is 7.43. The Morgan fingerprint density at radius 2 is 1.84 bits per heavy atom. The molecule has 0 unspecified atom stereocenters. The number of amides is 1. The summed E-state index contributed by atoms with van der Waals surface area (Å²) in [4.78, 5) is 34.2. The number of carbonyl (C=O) groups is 1. The summed E-state index contributed by atoms with van der Waals surface area (Å²) in [6.07, 6.45) is -1.44. The molecule has 1 aliphatic rings. The van der Waals surface area contributed by atoms with Crippen LogP contribution in [0, 0.1) is 23.0 Å². The summed E-state index contributed by atoms with van der Waals surface area (Å²) in [6.45, 7) is 0.249. The molecule has 1 N–H and O–H groups in total. The Hall–Kier alpha value is -5.32. The Balaban J connectivity index is 1.33. The first-order chi connectivity index (χ1) is 20.6. The number of nitrogens with zero attached hydrogens (tertiary/aromatic N) is 6. The van der Waals surface area contributed by atoms with Crippen LogP contribution in [0.15, 0.2) is 65.7 Å². The highest BCUT2D eigenvalue weighted by atomic mass is 19.4. The zero-order valence-electron chi connectivity index (χ0n) is 22.1. The molecular formula is C29H20F5N7O2. The number of hydrogen-bond acceptors (Lipinski definition) is 5. The molecule has 0 radical (unpaired) electrons. The Morgan fingerprint density at radius 1 is 1.07 bits per heavy atom. The zero-order valence-corrected chi connectivity index (χ0v) is 22.1. The van der Waals surface area contributed by atoms with Gasteiger partial charge in [-0.2, -0.15) is 23.5 Å². The molecule has 1 saturated heterocycles. The highest BCUT2D eigenvalue weighted by Crippen LogP contribution is 2.37. The van der Waals surface area contributed by atoms with Crippen LogP contribution in [0.3, 0.4) is 0 Å². The summed E-state index contributed by atoms with van der Waals surface area (Å²) in [6, 6.07) is 11.0. The smallest absolute Gasteiger partial charge is 0.337 e. The van der Waals surface area contributed by atoms with Gasteiger partial charge >= 0.3 is 11.9 Å². The predicted molar refractivity (Wildman–Crippen MR) is 143 cm³/mol. The Morgan fingerprint density at radius 3 is 2.51 bits per heavy atom. The fourth-order valence-corrected chi connectivity index (χ4v) is 5.40. The number of rotatable bonds is 4. The summed E-state index contributed by atoms with van der Waals surface area (Å²) < 4.78 is 72.9. The van der Waals surface area contributed by atoms with Crippen molar-refractivity contribution in [1.82, 2.24) is 29.2 Å². The van der Waals surface area contributed by atoms with Gasteiger partial charge in [-0.05, 0) is 61.4 Å². The highest BCUT2D eigenvalue weighted by molar-refractivity contribution is 5.93. The van der Waals surface area contributed by atoms with E-state index in [2.05, 4.69) is 15.1 Å². The number of likely N-dealkylation sites (tertiary alicyclic amines) is 1. The third-order valence-corrected chi connectivity index (χ3v) is 7.43. The molecule has 4 heterocycles. The van der Waals surface area contributed by atoms with Crippen molar-refractivity contribution in [3.8, 4) is 23.0 Å². The number of carbonyl (C=O) groups excluding carboxylic acids is 1. The van der Waals surface area contributed by atoms with Crippen molar-refractivity contribution < 1.29 is 26.7 Å². The average molecular weight is 594 g/mol. The van der Waals surface area contributed by atoms with Crippen LogP contribution in [-0.2, 0) is 6.18 Å². The van der Waals surface area contributed by atoms with Crippen LogP contribution in [0.2, 0.25) is 0 Å². The first kappa shape index (κ1) is 27.8. The molecule has 0 spiro atoms. The Bertz CT molecular complexity index is 1960. The predicted octanol–water partition coefficient (Wildman–Crippen LogP) is 5.22. The molecule has 1 aliphatic heterocycles. The van der Waals surface area contributed by atoms with E-state index in [1.807, 2.05) is 0 Å². The third kappa shape index (κ3) is 4.92. The molecule has 5 aromatic rings. The van der Waals surface area contributed by atoms with Crippen LogP contribution in [0.25, 0.3) is 28.0 Å². The number of hydrogen-bond donors (Lipinski definition) is 1. The molecule has 43 heavy (non-hydrogen) atoms. The number of halogens is 5. The van der Waals surface area contributed by atoms with Crippen molar-refractivity contribution in [3.05, 3.63) is 99.9 Å². The van der Waals surface area contributed by atoms with Gasteiger partial charge in [0.2, 0.25) is 0 Å². The van der Waals surface area contributed by atoms with Gasteiger partial charge in [0, 0.05) is 37.1 Å². The van der Waals surface area contributed by atoms with E-state index in [9.17, 15) is 31.5 Å². The van der Waals surface area contributed by atoms with Crippen LogP contribution in [-0.4, -0.2) is 48.2 Å². The largest absolute Gasteiger partial charge is 0.418 e. The number of pyridine rings is 1. The number of aromatic amines is 1. The SMILES string of the molecule is N#Cc1ccc(-n2nc(C(=O)N3CCC(n4c(=O)[nH]c5ccc(F)c(F)c54)CC3)cc2-c2cccnc2)c(C(F)(F)F)c1. The fraction of sp³-hybridized carbons (Fsp3) is 0.207. The molecular weight excluding hydrogens is 573 g/mol. The Labute approximate surface area is 239 Å². The number of aromatic nitrogens is 5. The van der Waals surface area contributed by atoms with Crippen molar-refractivity contribution in [3.63, 3.8) is 0 Å². The van der Waals surface area contributed by atoms with Crippen molar-refractivity contribution >= 4 is 16.9 Å². The number of benzene rings is 2. The van der Waals surface area contributed by atoms with Gasteiger partial charge in [0.05, 0.1) is 34.1 Å². The molecule has 14 heteroatoms. The van der Waals surface area contributed by atoms with E-state index >= 15 is 0 Å². The Kier molecular flexibility index (Phi) is 6.80. The standard InChI is InChI=1S/C29H20F5N7O2/c30-20-4-5-21-26(25(20)31)40(28(43)37-21)18-7-10-39(11-8-18)27(42)22-13-24(17-2-1-9-36-15-17)41(38-22)23-6-3-16(14-35)12-19(23)29(32,33)34/h1-6,9,12-13,15,18H,7-8,10-11H2,(H,37,43). The number of fused-ring (bicyclic) bond motifs is 1. The molecule has 218 valence electrons. The summed E-state index contributed by atoms with van der Waals surface area (Å²) in [5.41, 5.74) is -1.87. The first-order valence-corrected chi connectivity index (χ1v) is 13.1. The maximum Gasteiger partial charge on any atom is 0.418 e. The van der Waals surface area contributed by atoms with E-state index in [0.717, 1.165) is 27.4 Å². The fourth-order valence-electron chi connectivity index (χ4n) is 5.40. The van der Waals surface area contributed by atoms with Gasteiger partial charge in [0.15, 0.2) is 17.3 Å². The molecule has 2 aromatic carbocycles. The van der Waals surface area contributed by atoms with Gasteiger partial charge in [0.25, 0.3) is 5.91 Å². The molecule has 1 amide bonds. The van der Waals surface area contributed by atoms with Crippen molar-refractivity contribution in [2.45, 2.75) is 25.1 Å². The van der Waals surface area contributed by atoms with Gasteiger partial charge in [-0.1, -0.05) is 0 Å². The number of imidazole rings is 1. The van der Waals surface area contributed by atoms with Gasteiger partial charge in [0.1, 0.15) is 5.52 Å². The molecule has 6 rings (SSSR count). The molecule has 0 atom stereocenters. The van der Waals surface area contributed by atoms with Crippen molar-refractivity contribution in [2.24, 2.45) is 0 Å². The zero-order chi connectivity index (χ0) is 30.5. The minimum Gasteiger partial charge on any atom is -0.337 e. The molecule has 0 bridgehead atoms. The van der Waals surface area contributed by atoms with Gasteiger partial charge in [-0.15, -0.1) is 0 Å². The highest BCUT2D eigenvalue weighted by Gasteiger charge is 2.36. The second-order valence-corrected chi connectivity index (χ2v) is 9.99. The summed E-state index contributed by atoms with van der Waals surface area (Å²) in [5.74, 6) is -2.80. The van der Waals surface area contributed by atoms with E-state index in [1.54, 1.807) is 18.2 Å². The van der Waals surface area contributed by atoms with Gasteiger partial charge in [-0.25, -0.2) is 18.3 Å². The molecule has 0 aliphatic carbocycles. The summed E-state index contributed by atoms with van der Waals surface area (Å²) >= 11 is 0. The monoisotopic (exact) mass is 593 g/mol. The molecule has 9 nitrogen and oxygen atoms in total. The second kappa shape index (κ2) is 10.5. The maximum absolute atomic E-state index is 14.6. The minimum atomic E-state index is -4.82. The topological polar surface area (TPSA) is 113 Å². The molecule has 0 saturated carbocycles. The minimum absolute atomic E-state index is 0.124. The number of H-pyrrole nitrogens is 1. The lowest BCUT2D eigenvalue weighted by Gasteiger charge is -2.32. The lowest BCUT2D eigenvalue weighted by atomic mass is 10.0. The van der Waals surface area contributed by atoms with Crippen LogP contribution in [0.5, 0.6) is 0 Å². The summed E-state index contributed by atoms with van der Waals surface area (Å²) in [5, 5.41) is 13.4. The molecule has 1 fully saturated rings. The van der Waals surface area contributed by atoms with E-state index in [0.29, 0.717) is 5.56 Å². The van der Waals surface area contributed by atoms with E-state index < -0.39 is 41.0 Å². The lowest BCUT2D eigenvalue weighted by Crippen LogP contribution is -2.40. The van der Waals surface area contributed by atoms with Crippen LogP contribution >= 0.6 is 0 Å². The molecule has 3 aromatic heterocycles. The van der Waals surface area contributed by atoms with Crippen LogP contribution in [0.1, 0.15) is 40.5 Å². The quantitative estimate of drug-likeness (QED) is 0.287. The van der Waals surface area contributed by atoms with E-state index in [1.165, 1.54) is 35.5 Å². The number of nitrogens with one attached hydrogen (secondary N) is 1. The first-order valence-electron chi connectivity index (χ1n) is 13.1. The number of piperidine rings is 1. The van der Waals surface area contributed by atoms with Crippen LogP contribution < -0.4 is 5.69 Å². The second-order valence-electron chi connectivity index (χ2n) is 9.99. The lowest BCUT2D eigenvalue weighted by molar-refractivity contribution is -0.137. The summed E-state index contributed by atoms with van der Waals surface area (Å²) in [7, 11) is 0. The van der Waals surface area contributed by atoms with Crippen LogP contribution in [0.4, 0.5) is 22.0 Å². The van der Waals surface area contributed by atoms with Crippen molar-refractivity contribution in [2.75, 3.05) is 13.1 Å². The average Bonchev–Trinajstić information content (AvgIpc) is 3.60. The van der Waals surface area contributed by atoms with Gasteiger partial charge < -0.3 is 9.88 Å². The normalized spacial score (nSPS) is 14.3. The van der Waals surface area contributed by atoms with E-state index in [-0.39, 0.29) is 59.6 Å². The number of alkyl halides is 3. The van der Waals surface area contributed by atoms with E-state index in [4.69, 9.17) is 5.26 Å². The number of nitriles is 1.